The first-order valence-corrected chi connectivity index (χ1v) is 8.87. The average Bonchev–Trinajstić information content (AvgIpc) is 2.58. The van der Waals surface area contributed by atoms with Crippen LogP contribution in [-0.2, 0) is 16.1 Å². The van der Waals surface area contributed by atoms with E-state index in [1.165, 1.54) is 10.5 Å². The van der Waals surface area contributed by atoms with Crippen LogP contribution in [0.2, 0.25) is 0 Å². The van der Waals surface area contributed by atoms with Gasteiger partial charge in [-0.3, -0.25) is 14.5 Å². The van der Waals surface area contributed by atoms with Crippen molar-refractivity contribution in [3.05, 3.63) is 35.9 Å². The molecule has 1 aliphatic rings. The maximum absolute atomic E-state index is 12.9. The lowest BCUT2D eigenvalue weighted by Gasteiger charge is -2.35. The molecule has 1 aromatic carbocycles. The van der Waals surface area contributed by atoms with Gasteiger partial charge < -0.3 is 14.9 Å². The number of amides is 1. The van der Waals surface area contributed by atoms with Crippen LogP contribution in [0.15, 0.2) is 30.3 Å². The highest BCUT2D eigenvalue weighted by atomic mass is 16.4. The summed E-state index contributed by atoms with van der Waals surface area (Å²) in [6, 6.07) is 10.2. The quantitative estimate of drug-likeness (QED) is 0.770. The molecule has 2 rings (SSSR count). The molecule has 0 saturated carbocycles. The van der Waals surface area contributed by atoms with Crippen LogP contribution in [-0.4, -0.2) is 78.5 Å². The fourth-order valence-electron chi connectivity index (χ4n) is 3.25. The van der Waals surface area contributed by atoms with Gasteiger partial charge in [0.15, 0.2) is 0 Å². The third-order valence-electron chi connectivity index (χ3n) is 4.56. The van der Waals surface area contributed by atoms with E-state index in [1.54, 1.807) is 0 Å². The van der Waals surface area contributed by atoms with E-state index in [4.69, 9.17) is 5.11 Å². The van der Waals surface area contributed by atoms with Crippen LogP contribution in [0.5, 0.6) is 0 Å². The smallest absolute Gasteiger partial charge is 0.323 e. The number of carbonyl (C=O) groups excluding carboxylic acids is 1. The average molecular weight is 347 g/mol. The molecule has 1 fully saturated rings. The van der Waals surface area contributed by atoms with Gasteiger partial charge in [-0.1, -0.05) is 30.3 Å². The van der Waals surface area contributed by atoms with Gasteiger partial charge in [-0.15, -0.1) is 0 Å². The number of carboxylic acids is 1. The number of nitrogens with zero attached hydrogens (tertiary/aromatic N) is 3. The number of carbonyl (C=O) groups is 2. The second-order valence-corrected chi connectivity index (χ2v) is 7.02. The van der Waals surface area contributed by atoms with Crippen molar-refractivity contribution in [3.63, 3.8) is 0 Å². The minimum absolute atomic E-state index is 0.0259. The molecule has 0 spiro atoms. The molecular formula is C19H29N3O3. The highest BCUT2D eigenvalue weighted by Gasteiger charge is 2.30. The van der Waals surface area contributed by atoms with Crippen LogP contribution >= 0.6 is 0 Å². The summed E-state index contributed by atoms with van der Waals surface area (Å²) in [5.41, 5.74) is 1.24. The Kier molecular flexibility index (Phi) is 7.40. The second-order valence-electron chi connectivity index (χ2n) is 7.02. The Hall–Kier alpha value is -1.92. The van der Waals surface area contributed by atoms with E-state index in [0.717, 1.165) is 25.9 Å². The number of likely N-dealkylation sites (tertiary alicyclic amines) is 1. The molecule has 1 atom stereocenters. The minimum Gasteiger partial charge on any atom is -0.480 e. The van der Waals surface area contributed by atoms with Crippen molar-refractivity contribution in [2.24, 2.45) is 5.92 Å². The summed E-state index contributed by atoms with van der Waals surface area (Å²) in [5.74, 6) is -1.09. The summed E-state index contributed by atoms with van der Waals surface area (Å²) in [6.45, 7) is 3.41. The van der Waals surface area contributed by atoms with Crippen molar-refractivity contribution in [3.8, 4) is 0 Å². The Bertz CT molecular complexity index is 562. The molecule has 0 aliphatic carbocycles. The van der Waals surface area contributed by atoms with Crippen molar-refractivity contribution in [1.29, 1.82) is 0 Å². The number of hydrogen-bond donors (Lipinski definition) is 1. The van der Waals surface area contributed by atoms with Gasteiger partial charge in [-0.25, -0.2) is 0 Å². The van der Waals surface area contributed by atoms with Crippen molar-refractivity contribution in [2.75, 3.05) is 46.8 Å². The van der Waals surface area contributed by atoms with Crippen LogP contribution in [0.4, 0.5) is 0 Å². The fraction of sp³-hybridized carbons (Fsp3) is 0.579. The highest BCUT2D eigenvalue weighted by Crippen LogP contribution is 2.20. The molecule has 6 heteroatoms. The molecule has 1 amide bonds. The molecule has 138 valence electrons. The Morgan fingerprint density at radius 2 is 1.92 bits per heavy atom. The Morgan fingerprint density at radius 1 is 1.20 bits per heavy atom. The van der Waals surface area contributed by atoms with Gasteiger partial charge in [-0.2, -0.15) is 0 Å². The molecule has 6 nitrogen and oxygen atoms in total. The molecule has 0 bridgehead atoms. The molecular weight excluding hydrogens is 318 g/mol. The second kappa shape index (κ2) is 9.53. The lowest BCUT2D eigenvalue weighted by molar-refractivity contribution is -0.147. The van der Waals surface area contributed by atoms with E-state index in [2.05, 4.69) is 17.0 Å². The molecule has 25 heavy (non-hydrogen) atoms. The zero-order valence-corrected chi connectivity index (χ0v) is 15.2. The summed E-state index contributed by atoms with van der Waals surface area (Å²) >= 11 is 0. The van der Waals surface area contributed by atoms with Crippen molar-refractivity contribution in [2.45, 2.75) is 19.4 Å². The predicted octanol–water partition coefficient (Wildman–Crippen LogP) is 1.37. The number of rotatable bonds is 8. The number of piperidine rings is 1. The summed E-state index contributed by atoms with van der Waals surface area (Å²) < 4.78 is 0. The Morgan fingerprint density at radius 3 is 2.56 bits per heavy atom. The molecule has 0 aromatic heterocycles. The molecule has 1 aromatic rings. The van der Waals surface area contributed by atoms with Crippen LogP contribution in [0.1, 0.15) is 18.4 Å². The normalized spacial score (nSPS) is 18.3. The maximum Gasteiger partial charge on any atom is 0.323 e. The number of hydrogen-bond acceptors (Lipinski definition) is 4. The summed E-state index contributed by atoms with van der Waals surface area (Å²) in [6.07, 6.45) is 1.81. The Labute approximate surface area is 150 Å². The molecule has 1 heterocycles. The third kappa shape index (κ3) is 6.48. The lowest BCUT2D eigenvalue weighted by atomic mass is 9.96. The van der Waals surface area contributed by atoms with Gasteiger partial charge in [0.05, 0.1) is 5.92 Å². The SMILES string of the molecule is CN(C)CCN(CC(=O)O)C(=O)[C@H]1CCCN(Cc2ccccc2)C1. The molecule has 0 radical (unpaired) electrons. The van der Waals surface area contributed by atoms with Gasteiger partial charge >= 0.3 is 5.97 Å². The topological polar surface area (TPSA) is 64.1 Å². The zero-order valence-electron chi connectivity index (χ0n) is 15.2. The third-order valence-corrected chi connectivity index (χ3v) is 4.56. The van der Waals surface area contributed by atoms with Crippen LogP contribution in [0.3, 0.4) is 0 Å². The van der Waals surface area contributed by atoms with Crippen LogP contribution in [0.25, 0.3) is 0 Å². The van der Waals surface area contributed by atoms with Crippen molar-refractivity contribution in [1.82, 2.24) is 14.7 Å². The first kappa shape index (κ1) is 19.4. The highest BCUT2D eigenvalue weighted by molar-refractivity contribution is 5.83. The predicted molar refractivity (Wildman–Crippen MR) is 97.2 cm³/mol. The largest absolute Gasteiger partial charge is 0.480 e. The lowest BCUT2D eigenvalue weighted by Crippen LogP contribution is -2.47. The van der Waals surface area contributed by atoms with Crippen molar-refractivity contribution < 1.29 is 14.7 Å². The molecule has 1 saturated heterocycles. The molecule has 1 aliphatic heterocycles. The summed E-state index contributed by atoms with van der Waals surface area (Å²) in [4.78, 5) is 29.8. The van der Waals surface area contributed by atoms with E-state index in [0.29, 0.717) is 19.6 Å². The van der Waals surface area contributed by atoms with Crippen LogP contribution < -0.4 is 0 Å². The van der Waals surface area contributed by atoms with Gasteiger partial charge in [-0.05, 0) is 39.0 Å². The van der Waals surface area contributed by atoms with E-state index in [1.807, 2.05) is 37.2 Å². The van der Waals surface area contributed by atoms with E-state index in [9.17, 15) is 9.59 Å². The van der Waals surface area contributed by atoms with Gasteiger partial charge in [0, 0.05) is 26.2 Å². The van der Waals surface area contributed by atoms with Gasteiger partial charge in [0.25, 0.3) is 0 Å². The zero-order chi connectivity index (χ0) is 18.2. The maximum atomic E-state index is 12.9. The van der Waals surface area contributed by atoms with Crippen LogP contribution in [0, 0.1) is 5.92 Å². The standard InChI is InChI=1S/C19H29N3O3/c1-20(2)11-12-22(15-18(23)24)19(25)17-9-6-10-21(14-17)13-16-7-4-3-5-8-16/h3-5,7-8,17H,6,9-15H2,1-2H3,(H,23,24)/t17-/m0/s1. The van der Waals surface area contributed by atoms with Gasteiger partial charge in [0.1, 0.15) is 6.54 Å². The molecule has 0 unspecified atom stereocenters. The first-order chi connectivity index (χ1) is 12.0. The number of aliphatic carboxylic acids is 1. The first-order valence-electron chi connectivity index (χ1n) is 8.87. The van der Waals surface area contributed by atoms with Gasteiger partial charge in [0.2, 0.25) is 5.91 Å². The Balaban J connectivity index is 1.96. The van der Waals surface area contributed by atoms with Crippen molar-refractivity contribution >= 4 is 11.9 Å². The monoisotopic (exact) mass is 347 g/mol. The van der Waals surface area contributed by atoms with E-state index < -0.39 is 5.97 Å². The number of carboxylic acid groups (broad SMARTS) is 1. The summed E-state index contributed by atoms with van der Waals surface area (Å²) in [7, 11) is 3.84. The van der Waals surface area contributed by atoms with E-state index in [-0.39, 0.29) is 18.4 Å². The fourth-order valence-corrected chi connectivity index (χ4v) is 3.25. The summed E-state index contributed by atoms with van der Waals surface area (Å²) in [5, 5.41) is 9.13. The van der Waals surface area contributed by atoms with E-state index >= 15 is 0 Å². The molecule has 1 N–H and O–H groups in total. The number of likely N-dealkylation sites (N-methyl/N-ethyl adjacent to an activating group) is 1. The minimum atomic E-state index is -0.955. The number of benzene rings is 1.